The van der Waals surface area contributed by atoms with E-state index in [0.717, 1.165) is 17.4 Å². The van der Waals surface area contributed by atoms with Crippen LogP contribution in [0.1, 0.15) is 35.9 Å². The zero-order valence-electron chi connectivity index (χ0n) is 21.3. The highest BCUT2D eigenvalue weighted by Gasteiger charge is 2.28. The summed E-state index contributed by atoms with van der Waals surface area (Å²) >= 11 is 7.44. The number of hydrogen-bond acceptors (Lipinski definition) is 7. The smallest absolute Gasteiger partial charge is 0.293 e. The summed E-state index contributed by atoms with van der Waals surface area (Å²) in [6.07, 6.45) is 0.125. The second-order valence-corrected chi connectivity index (χ2v) is 12.5. The molecule has 3 aromatic carbocycles. The van der Waals surface area contributed by atoms with Crippen molar-refractivity contribution in [3.63, 3.8) is 0 Å². The Hall–Kier alpha value is -2.11. The molecule has 0 aliphatic carbocycles. The first-order chi connectivity index (χ1) is 17.6. The van der Waals surface area contributed by atoms with Gasteiger partial charge in [0.15, 0.2) is 0 Å². The van der Waals surface area contributed by atoms with Gasteiger partial charge in [0.05, 0.1) is 24.5 Å². The monoisotopic (exact) mass is 598 g/mol. The lowest BCUT2D eigenvalue weighted by molar-refractivity contribution is -0.0577. The molecule has 1 amide bonds. The first-order valence-corrected chi connectivity index (χ1v) is 14.8. The molecule has 0 spiro atoms. The molecule has 2 N–H and O–H groups in total. The molecule has 38 heavy (non-hydrogen) atoms. The van der Waals surface area contributed by atoms with E-state index in [2.05, 4.69) is 5.32 Å². The zero-order chi connectivity index (χ0) is 27.0. The first-order valence-electron chi connectivity index (χ1n) is 11.7. The summed E-state index contributed by atoms with van der Waals surface area (Å²) in [4.78, 5) is 19.5. The number of amides is 1. The molecule has 0 heterocycles. The van der Waals surface area contributed by atoms with Crippen molar-refractivity contribution in [2.75, 3.05) is 26.0 Å². The summed E-state index contributed by atoms with van der Waals surface area (Å²) in [7, 11) is -4.01. The average Bonchev–Trinajstić information content (AvgIpc) is 2.85. The number of nitrogens with zero attached hydrogens (tertiary/aromatic N) is 1. The van der Waals surface area contributed by atoms with Gasteiger partial charge in [0.2, 0.25) is 0 Å². The standard InChI is InChI=1S/C27H31ClN2O5S2.ClH/c1-19(2)36-26-17-21(20-8-5-4-6-9-20)12-13-24(26)27(32)30(37(3,33)34)35-15-14-29-18-25(31)22-10-7-11-23(28)16-22;/h4-13,16-17,19,25,29,31H,14-15,18H2,1-3H3;1H/t25-;/m0./s1. The minimum Gasteiger partial charge on any atom is -0.387 e. The minimum atomic E-state index is -4.01. The Balaban J connectivity index is 0.00000507. The van der Waals surface area contributed by atoms with Crippen molar-refractivity contribution in [3.8, 4) is 11.1 Å². The van der Waals surface area contributed by atoms with Gasteiger partial charge in [-0.05, 0) is 41.0 Å². The van der Waals surface area contributed by atoms with Gasteiger partial charge in [0.25, 0.3) is 15.9 Å². The van der Waals surface area contributed by atoms with Crippen LogP contribution in [0.25, 0.3) is 11.1 Å². The van der Waals surface area contributed by atoms with Crippen LogP contribution in [0.4, 0.5) is 0 Å². The molecule has 0 saturated carbocycles. The number of hydroxylamine groups is 1. The quantitative estimate of drug-likeness (QED) is 0.159. The molecule has 0 bridgehead atoms. The fourth-order valence-electron chi connectivity index (χ4n) is 3.54. The Morgan fingerprint density at radius 3 is 2.39 bits per heavy atom. The van der Waals surface area contributed by atoms with E-state index in [1.165, 1.54) is 11.8 Å². The number of halogens is 2. The number of hydrogen-bond donors (Lipinski definition) is 2. The molecule has 0 aliphatic rings. The average molecular weight is 600 g/mol. The number of benzene rings is 3. The molecular weight excluding hydrogens is 567 g/mol. The summed E-state index contributed by atoms with van der Waals surface area (Å²) in [6, 6.07) is 22.0. The molecule has 0 aromatic heterocycles. The summed E-state index contributed by atoms with van der Waals surface area (Å²) in [5, 5.41) is 14.0. The molecule has 7 nitrogen and oxygen atoms in total. The summed E-state index contributed by atoms with van der Waals surface area (Å²) in [5.74, 6) is -0.760. The van der Waals surface area contributed by atoms with Crippen LogP contribution < -0.4 is 5.32 Å². The van der Waals surface area contributed by atoms with Crippen LogP contribution in [-0.2, 0) is 14.9 Å². The van der Waals surface area contributed by atoms with E-state index in [9.17, 15) is 18.3 Å². The van der Waals surface area contributed by atoms with Gasteiger partial charge in [-0.25, -0.2) is 8.42 Å². The Morgan fingerprint density at radius 2 is 1.76 bits per heavy atom. The third kappa shape index (κ3) is 9.27. The maximum absolute atomic E-state index is 13.4. The van der Waals surface area contributed by atoms with Crippen LogP contribution in [-0.4, -0.2) is 55.1 Å². The normalized spacial score (nSPS) is 12.2. The molecule has 0 radical (unpaired) electrons. The zero-order valence-corrected chi connectivity index (χ0v) is 24.5. The topological polar surface area (TPSA) is 95.9 Å². The maximum Gasteiger partial charge on any atom is 0.293 e. The van der Waals surface area contributed by atoms with E-state index in [0.29, 0.717) is 20.0 Å². The number of rotatable bonds is 12. The molecule has 0 aliphatic heterocycles. The van der Waals surface area contributed by atoms with Gasteiger partial charge in [-0.3, -0.25) is 9.63 Å². The van der Waals surface area contributed by atoms with Gasteiger partial charge >= 0.3 is 0 Å². The van der Waals surface area contributed by atoms with Crippen molar-refractivity contribution >= 4 is 51.7 Å². The summed E-state index contributed by atoms with van der Waals surface area (Å²) < 4.78 is 25.3. The van der Waals surface area contributed by atoms with Gasteiger partial charge in [-0.1, -0.05) is 74.0 Å². The summed E-state index contributed by atoms with van der Waals surface area (Å²) in [5.41, 5.74) is 2.82. The highest BCUT2D eigenvalue weighted by Crippen LogP contribution is 2.32. The van der Waals surface area contributed by atoms with E-state index in [1.54, 1.807) is 36.4 Å². The number of aliphatic hydroxyl groups is 1. The maximum atomic E-state index is 13.4. The van der Waals surface area contributed by atoms with Crippen molar-refractivity contribution < 1.29 is 23.2 Å². The van der Waals surface area contributed by atoms with Crippen LogP contribution in [0, 0.1) is 0 Å². The lowest BCUT2D eigenvalue weighted by atomic mass is 10.0. The van der Waals surface area contributed by atoms with Gasteiger partial charge < -0.3 is 10.4 Å². The molecule has 0 fully saturated rings. The number of thioether (sulfide) groups is 1. The molecule has 11 heteroatoms. The van der Waals surface area contributed by atoms with Gasteiger partial charge in [0.1, 0.15) is 0 Å². The van der Waals surface area contributed by atoms with Crippen LogP contribution >= 0.6 is 35.8 Å². The van der Waals surface area contributed by atoms with E-state index in [1.807, 2.05) is 50.2 Å². The van der Waals surface area contributed by atoms with Crippen LogP contribution in [0.15, 0.2) is 77.7 Å². The lowest BCUT2D eigenvalue weighted by Crippen LogP contribution is -2.38. The Kier molecular flexibility index (Phi) is 12.6. The minimum absolute atomic E-state index is 0. The van der Waals surface area contributed by atoms with E-state index in [-0.39, 0.29) is 42.9 Å². The fourth-order valence-corrected chi connectivity index (χ4v) is 5.38. The number of sulfonamides is 1. The molecule has 0 saturated heterocycles. The van der Waals surface area contributed by atoms with Crippen molar-refractivity contribution in [1.82, 2.24) is 9.79 Å². The highest BCUT2D eigenvalue weighted by atomic mass is 35.5. The third-order valence-electron chi connectivity index (χ3n) is 5.21. The van der Waals surface area contributed by atoms with Gasteiger partial charge in [-0.15, -0.1) is 28.6 Å². The van der Waals surface area contributed by atoms with Crippen molar-refractivity contribution in [3.05, 3.63) is 88.9 Å². The SMILES string of the molecule is CC(C)Sc1cc(-c2ccccc2)ccc1C(=O)N(OCCNC[C@H](O)c1cccc(Cl)c1)S(C)(=O)=O.Cl. The number of aliphatic hydroxyl groups excluding tert-OH is 1. The molecule has 206 valence electrons. The predicted molar refractivity (Wildman–Crippen MR) is 156 cm³/mol. The number of nitrogens with one attached hydrogen (secondary N) is 1. The van der Waals surface area contributed by atoms with Crippen LogP contribution in [0.5, 0.6) is 0 Å². The highest BCUT2D eigenvalue weighted by molar-refractivity contribution is 8.00. The van der Waals surface area contributed by atoms with Crippen molar-refractivity contribution in [2.45, 2.75) is 30.1 Å². The number of carbonyl (C=O) groups excluding carboxylic acids is 1. The largest absolute Gasteiger partial charge is 0.387 e. The molecule has 3 aromatic rings. The number of carbonyl (C=O) groups is 1. The predicted octanol–water partition coefficient (Wildman–Crippen LogP) is 5.59. The molecule has 0 unspecified atom stereocenters. The van der Waals surface area contributed by atoms with E-state index >= 15 is 0 Å². The van der Waals surface area contributed by atoms with Gasteiger partial charge in [-0.2, -0.15) is 0 Å². The van der Waals surface area contributed by atoms with Crippen molar-refractivity contribution in [2.24, 2.45) is 0 Å². The molecule has 1 atom stereocenters. The first kappa shape index (κ1) is 32.1. The lowest BCUT2D eigenvalue weighted by Gasteiger charge is -2.22. The third-order valence-corrected chi connectivity index (χ3v) is 7.38. The second kappa shape index (κ2) is 14.9. The summed E-state index contributed by atoms with van der Waals surface area (Å²) in [6.45, 7) is 4.31. The second-order valence-electron chi connectivity index (χ2n) is 8.65. The van der Waals surface area contributed by atoms with Crippen LogP contribution in [0.2, 0.25) is 5.02 Å². The Labute approximate surface area is 240 Å². The van der Waals surface area contributed by atoms with Crippen molar-refractivity contribution in [1.29, 1.82) is 0 Å². The fraction of sp³-hybridized carbons (Fsp3) is 0.296. The van der Waals surface area contributed by atoms with E-state index in [4.69, 9.17) is 16.4 Å². The Bertz CT molecular complexity index is 1310. The Morgan fingerprint density at radius 1 is 1.05 bits per heavy atom. The molecule has 3 rings (SSSR count). The van der Waals surface area contributed by atoms with Crippen LogP contribution in [0.3, 0.4) is 0 Å². The van der Waals surface area contributed by atoms with E-state index < -0.39 is 22.0 Å². The molecular formula is C27H32Cl2N2O5S2. The van der Waals surface area contributed by atoms with Gasteiger partial charge in [0, 0.05) is 28.3 Å².